The van der Waals surface area contributed by atoms with Crippen LogP contribution in [0.1, 0.15) is 35.2 Å². The molecule has 0 aliphatic heterocycles. The number of rotatable bonds is 7. The molecule has 0 aliphatic carbocycles. The molecule has 0 saturated carbocycles. The summed E-state index contributed by atoms with van der Waals surface area (Å²) in [4.78, 5) is 24.4. The van der Waals surface area contributed by atoms with Crippen molar-refractivity contribution in [1.82, 2.24) is 4.90 Å². The summed E-state index contributed by atoms with van der Waals surface area (Å²) in [6.45, 7) is 2.28. The van der Waals surface area contributed by atoms with Crippen LogP contribution in [0.5, 0.6) is 0 Å². The van der Waals surface area contributed by atoms with E-state index >= 15 is 0 Å². The van der Waals surface area contributed by atoms with Gasteiger partial charge in [-0.15, -0.1) is 11.6 Å². The quantitative estimate of drug-likeness (QED) is 0.335. The third kappa shape index (κ3) is 4.20. The first-order chi connectivity index (χ1) is 9.49. The average molecular weight is 299 g/mol. The number of unbranched alkanes of at least 4 members (excludes halogenated alkanes) is 2. The van der Waals surface area contributed by atoms with E-state index in [1.54, 1.807) is 26.1 Å². The zero-order valence-corrected chi connectivity index (χ0v) is 12.5. The average Bonchev–Trinajstić information content (AvgIpc) is 2.42. The third-order valence-corrected chi connectivity index (χ3v) is 3.40. The Labute approximate surface area is 123 Å². The minimum atomic E-state index is -0.512. The lowest BCUT2D eigenvalue weighted by Gasteiger charge is -2.18. The van der Waals surface area contributed by atoms with Gasteiger partial charge in [-0.05, 0) is 25.3 Å². The zero-order chi connectivity index (χ0) is 15.1. The Balaban J connectivity index is 2.83. The fourth-order valence-corrected chi connectivity index (χ4v) is 2.18. The van der Waals surface area contributed by atoms with Gasteiger partial charge in [-0.1, -0.05) is 18.6 Å². The summed E-state index contributed by atoms with van der Waals surface area (Å²) in [7, 11) is 1.67. The number of amides is 1. The Morgan fingerprint density at radius 1 is 1.35 bits per heavy atom. The number of alkyl halides is 1. The number of carbonyl (C=O) groups is 1. The predicted molar refractivity (Wildman–Crippen MR) is 79.4 cm³/mol. The molecule has 0 N–H and O–H groups in total. The molecule has 0 spiro atoms. The smallest absolute Gasteiger partial charge is 0.282 e. The first kappa shape index (κ1) is 16.4. The topological polar surface area (TPSA) is 63.5 Å². The molecular formula is C14H19ClN2O3. The molecule has 0 unspecified atom stereocenters. The molecular weight excluding hydrogens is 280 g/mol. The van der Waals surface area contributed by atoms with Crippen molar-refractivity contribution in [3.63, 3.8) is 0 Å². The van der Waals surface area contributed by atoms with Crippen molar-refractivity contribution in [2.45, 2.75) is 26.2 Å². The Morgan fingerprint density at radius 2 is 2.05 bits per heavy atom. The van der Waals surface area contributed by atoms with Crippen molar-refractivity contribution in [2.24, 2.45) is 0 Å². The number of nitro benzene ring substituents is 1. The monoisotopic (exact) mass is 298 g/mol. The van der Waals surface area contributed by atoms with Gasteiger partial charge in [0, 0.05) is 25.5 Å². The lowest BCUT2D eigenvalue weighted by Crippen LogP contribution is -2.29. The van der Waals surface area contributed by atoms with Gasteiger partial charge < -0.3 is 4.90 Å². The molecule has 1 amide bonds. The van der Waals surface area contributed by atoms with E-state index in [1.165, 1.54) is 11.0 Å². The summed E-state index contributed by atoms with van der Waals surface area (Å²) in [5, 5.41) is 11.0. The molecule has 110 valence electrons. The van der Waals surface area contributed by atoms with Gasteiger partial charge in [-0.3, -0.25) is 14.9 Å². The lowest BCUT2D eigenvalue weighted by molar-refractivity contribution is -0.385. The van der Waals surface area contributed by atoms with Crippen molar-refractivity contribution >= 4 is 23.2 Å². The Kier molecular flexibility index (Phi) is 6.45. The highest BCUT2D eigenvalue weighted by Crippen LogP contribution is 2.23. The van der Waals surface area contributed by atoms with Gasteiger partial charge in [0.1, 0.15) is 5.56 Å². The predicted octanol–water partition coefficient (Wildman–Crippen LogP) is 3.38. The molecule has 1 aromatic carbocycles. The summed E-state index contributed by atoms with van der Waals surface area (Å²) >= 11 is 5.60. The highest BCUT2D eigenvalue weighted by atomic mass is 35.5. The van der Waals surface area contributed by atoms with Crippen molar-refractivity contribution < 1.29 is 9.72 Å². The summed E-state index contributed by atoms with van der Waals surface area (Å²) in [5.74, 6) is 0.307. The fraction of sp³-hybridized carbons (Fsp3) is 0.500. The van der Waals surface area contributed by atoms with Crippen LogP contribution in [0.25, 0.3) is 0 Å². The number of nitrogens with zero attached hydrogens (tertiary/aromatic N) is 2. The minimum Gasteiger partial charge on any atom is -0.341 e. The van der Waals surface area contributed by atoms with Crippen LogP contribution in [0.4, 0.5) is 5.69 Å². The molecule has 1 rings (SSSR count). The minimum absolute atomic E-state index is 0.136. The molecule has 0 aromatic heterocycles. The van der Waals surface area contributed by atoms with Crippen LogP contribution in [0, 0.1) is 17.0 Å². The number of benzene rings is 1. The largest absolute Gasteiger partial charge is 0.341 e. The molecule has 6 heteroatoms. The highest BCUT2D eigenvalue weighted by molar-refractivity contribution is 6.17. The van der Waals surface area contributed by atoms with E-state index in [0.29, 0.717) is 18.0 Å². The summed E-state index contributed by atoms with van der Waals surface area (Å²) in [6.07, 6.45) is 2.69. The van der Waals surface area contributed by atoms with E-state index in [-0.39, 0.29) is 17.2 Å². The molecule has 0 aliphatic rings. The maximum atomic E-state index is 12.3. The van der Waals surface area contributed by atoms with Gasteiger partial charge in [-0.2, -0.15) is 0 Å². The van der Waals surface area contributed by atoms with E-state index in [4.69, 9.17) is 11.6 Å². The molecule has 0 heterocycles. The zero-order valence-electron chi connectivity index (χ0n) is 11.8. The summed E-state index contributed by atoms with van der Waals surface area (Å²) < 4.78 is 0. The summed E-state index contributed by atoms with van der Waals surface area (Å²) in [5.41, 5.74) is 0.664. The number of aryl methyl sites for hydroxylation is 1. The molecule has 20 heavy (non-hydrogen) atoms. The molecule has 5 nitrogen and oxygen atoms in total. The number of halogens is 1. The number of hydrogen-bond acceptors (Lipinski definition) is 3. The van der Waals surface area contributed by atoms with Gasteiger partial charge in [-0.25, -0.2) is 0 Å². The Morgan fingerprint density at radius 3 is 2.65 bits per heavy atom. The van der Waals surface area contributed by atoms with Crippen LogP contribution < -0.4 is 0 Å². The van der Waals surface area contributed by atoms with E-state index in [1.807, 2.05) is 0 Å². The second kappa shape index (κ2) is 7.85. The van der Waals surface area contributed by atoms with Gasteiger partial charge >= 0.3 is 0 Å². The SMILES string of the molecule is Cc1cccc([N+](=O)[O-])c1C(=O)N(C)CCCCCCl. The van der Waals surface area contributed by atoms with Crippen LogP contribution in [-0.4, -0.2) is 35.2 Å². The van der Waals surface area contributed by atoms with Crippen LogP contribution in [0.3, 0.4) is 0 Å². The van der Waals surface area contributed by atoms with Crippen molar-refractivity contribution in [1.29, 1.82) is 0 Å². The van der Waals surface area contributed by atoms with Crippen LogP contribution >= 0.6 is 11.6 Å². The normalized spacial score (nSPS) is 10.3. The van der Waals surface area contributed by atoms with E-state index in [0.717, 1.165) is 19.3 Å². The first-order valence-corrected chi connectivity index (χ1v) is 7.08. The van der Waals surface area contributed by atoms with Gasteiger partial charge in [0.25, 0.3) is 11.6 Å². The van der Waals surface area contributed by atoms with Gasteiger partial charge in [0.2, 0.25) is 0 Å². The van der Waals surface area contributed by atoms with Crippen LogP contribution in [0.15, 0.2) is 18.2 Å². The fourth-order valence-electron chi connectivity index (χ4n) is 2.00. The molecule has 0 radical (unpaired) electrons. The van der Waals surface area contributed by atoms with Crippen molar-refractivity contribution in [2.75, 3.05) is 19.5 Å². The number of hydrogen-bond donors (Lipinski definition) is 0. The van der Waals surface area contributed by atoms with Gasteiger partial charge in [0.15, 0.2) is 0 Å². The van der Waals surface area contributed by atoms with Crippen LogP contribution in [0.2, 0.25) is 0 Å². The Bertz CT molecular complexity index is 491. The Hall–Kier alpha value is -1.62. The summed E-state index contributed by atoms with van der Waals surface area (Å²) in [6, 6.07) is 4.66. The van der Waals surface area contributed by atoms with Gasteiger partial charge in [0.05, 0.1) is 4.92 Å². The maximum Gasteiger partial charge on any atom is 0.282 e. The second-order valence-electron chi connectivity index (χ2n) is 4.70. The van der Waals surface area contributed by atoms with Crippen LogP contribution in [-0.2, 0) is 0 Å². The first-order valence-electron chi connectivity index (χ1n) is 6.54. The molecule has 0 bridgehead atoms. The van der Waals surface area contributed by atoms with E-state index < -0.39 is 4.92 Å². The number of nitro groups is 1. The molecule has 0 saturated heterocycles. The highest BCUT2D eigenvalue weighted by Gasteiger charge is 2.24. The van der Waals surface area contributed by atoms with Crippen molar-refractivity contribution in [3.8, 4) is 0 Å². The lowest BCUT2D eigenvalue weighted by atomic mass is 10.1. The van der Waals surface area contributed by atoms with E-state index in [9.17, 15) is 14.9 Å². The van der Waals surface area contributed by atoms with Crippen molar-refractivity contribution in [3.05, 3.63) is 39.4 Å². The molecule has 0 atom stereocenters. The maximum absolute atomic E-state index is 12.3. The van der Waals surface area contributed by atoms with E-state index in [2.05, 4.69) is 0 Å². The second-order valence-corrected chi connectivity index (χ2v) is 5.08. The third-order valence-electron chi connectivity index (χ3n) is 3.14. The molecule has 1 aromatic rings. The number of carbonyl (C=O) groups excluding carboxylic acids is 1. The molecule has 0 fully saturated rings. The standard InChI is InChI=1S/C14H19ClN2O3/c1-11-7-6-8-12(17(19)20)13(11)14(18)16(2)10-5-3-4-9-15/h6-8H,3-5,9-10H2,1-2H3.